The molecule has 3 aromatic rings. The summed E-state index contributed by atoms with van der Waals surface area (Å²) in [5.74, 6) is 0.619. The molecule has 0 spiro atoms. The number of ether oxygens (including phenoxy) is 1. The average Bonchev–Trinajstić information content (AvgIpc) is 3.06. The molecule has 4 rings (SSSR count). The van der Waals surface area contributed by atoms with Crippen molar-refractivity contribution < 1.29 is 14.6 Å². The topological polar surface area (TPSA) is 101 Å². The van der Waals surface area contributed by atoms with Crippen LogP contribution in [0.3, 0.4) is 0 Å². The van der Waals surface area contributed by atoms with E-state index in [1.54, 1.807) is 18.3 Å². The molecule has 26 heavy (non-hydrogen) atoms. The number of carbonyl (C=O) groups is 1. The fraction of sp³-hybridized carbons (Fsp3) is 0.200. The fourth-order valence-corrected chi connectivity index (χ4v) is 3.26. The van der Waals surface area contributed by atoms with Gasteiger partial charge in [0.1, 0.15) is 11.5 Å². The molecule has 1 fully saturated rings. The largest absolute Gasteiger partial charge is 0.508 e. The molecular weight excluding hydrogens is 330 g/mol. The number of phenols is 1. The van der Waals surface area contributed by atoms with Crippen LogP contribution >= 0.6 is 0 Å². The quantitative estimate of drug-likeness (QED) is 0.616. The van der Waals surface area contributed by atoms with Crippen molar-refractivity contribution in [1.82, 2.24) is 10.2 Å². The number of aromatic amines is 1. The van der Waals surface area contributed by atoms with E-state index in [2.05, 4.69) is 16.8 Å². The van der Waals surface area contributed by atoms with Crippen molar-refractivity contribution in [3.8, 4) is 22.6 Å². The van der Waals surface area contributed by atoms with Crippen LogP contribution in [0.2, 0.25) is 0 Å². The minimum absolute atomic E-state index is 0.0178. The minimum atomic E-state index is -0.444. The Kier molecular flexibility index (Phi) is 3.88. The Labute approximate surface area is 150 Å². The molecule has 0 aliphatic heterocycles. The van der Waals surface area contributed by atoms with Gasteiger partial charge < -0.3 is 15.6 Å². The Morgan fingerprint density at radius 3 is 2.65 bits per heavy atom. The first-order valence-electron chi connectivity index (χ1n) is 8.43. The van der Waals surface area contributed by atoms with Crippen molar-refractivity contribution in [3.05, 3.63) is 54.7 Å². The van der Waals surface area contributed by atoms with E-state index in [9.17, 15) is 9.90 Å². The number of carbonyl (C=O) groups excluding carboxylic acids is 1. The van der Waals surface area contributed by atoms with Gasteiger partial charge in [0.15, 0.2) is 0 Å². The smallest absolute Gasteiger partial charge is 0.244 e. The highest BCUT2D eigenvalue weighted by Gasteiger charge is 2.34. The van der Waals surface area contributed by atoms with Crippen LogP contribution in [0.15, 0.2) is 54.7 Å². The summed E-state index contributed by atoms with van der Waals surface area (Å²) in [6, 6.07) is 11.0. The summed E-state index contributed by atoms with van der Waals surface area (Å²) in [4.78, 5) is 11.2. The van der Waals surface area contributed by atoms with Crippen LogP contribution in [0.25, 0.3) is 22.0 Å². The monoisotopic (exact) mass is 349 g/mol. The highest BCUT2D eigenvalue weighted by molar-refractivity contribution is 5.92. The molecule has 0 saturated heterocycles. The first-order valence-corrected chi connectivity index (χ1v) is 8.43. The first-order chi connectivity index (χ1) is 12.5. The minimum Gasteiger partial charge on any atom is -0.508 e. The van der Waals surface area contributed by atoms with Crippen LogP contribution in [-0.4, -0.2) is 27.3 Å². The molecule has 6 nitrogen and oxygen atoms in total. The van der Waals surface area contributed by atoms with Crippen LogP contribution in [0.5, 0.6) is 11.5 Å². The average molecular weight is 349 g/mol. The molecule has 2 aromatic carbocycles. The standard InChI is InChI=1S/C20H19N3O3/c1-11(20(21)25)13-6-16(7-13)26-19-9-14(8-18-17(19)10-22-23-18)12-2-4-15(24)5-3-12/h2-5,8-10,13,16,24H,1,6-7H2,(H2,21,25)(H,22,23). The summed E-state index contributed by atoms with van der Waals surface area (Å²) in [5, 5.41) is 17.5. The van der Waals surface area contributed by atoms with Gasteiger partial charge in [0.2, 0.25) is 5.91 Å². The number of hydrogen-bond acceptors (Lipinski definition) is 4. The summed E-state index contributed by atoms with van der Waals surface area (Å²) in [5.41, 5.74) is 8.57. The van der Waals surface area contributed by atoms with E-state index in [4.69, 9.17) is 10.5 Å². The molecular formula is C20H19N3O3. The number of primary amides is 1. The Morgan fingerprint density at radius 2 is 1.96 bits per heavy atom. The molecule has 6 heteroatoms. The first kappa shape index (κ1) is 16.2. The number of amides is 1. The molecule has 1 aliphatic rings. The van der Waals surface area contributed by atoms with Crippen molar-refractivity contribution in [2.45, 2.75) is 18.9 Å². The third-order valence-corrected chi connectivity index (χ3v) is 4.92. The van der Waals surface area contributed by atoms with E-state index in [1.165, 1.54) is 0 Å². The van der Waals surface area contributed by atoms with Gasteiger partial charge in [-0.2, -0.15) is 5.10 Å². The van der Waals surface area contributed by atoms with Crippen LogP contribution in [0, 0.1) is 5.92 Å². The summed E-state index contributed by atoms with van der Waals surface area (Å²) >= 11 is 0. The molecule has 1 heterocycles. The summed E-state index contributed by atoms with van der Waals surface area (Å²) in [7, 11) is 0. The highest BCUT2D eigenvalue weighted by Crippen LogP contribution is 2.39. The van der Waals surface area contributed by atoms with E-state index in [0.29, 0.717) is 5.57 Å². The normalized spacial score (nSPS) is 19.1. The lowest BCUT2D eigenvalue weighted by Gasteiger charge is -2.35. The second-order valence-electron chi connectivity index (χ2n) is 6.65. The Morgan fingerprint density at radius 1 is 1.23 bits per heavy atom. The zero-order chi connectivity index (χ0) is 18.3. The van der Waals surface area contributed by atoms with Gasteiger partial charge >= 0.3 is 0 Å². The Bertz CT molecular complexity index is 985. The Hall–Kier alpha value is -3.28. The predicted octanol–water partition coefficient (Wildman–Crippen LogP) is 3.13. The fourth-order valence-electron chi connectivity index (χ4n) is 3.26. The number of nitrogens with zero attached hydrogens (tertiary/aromatic N) is 1. The number of phenolic OH excluding ortho intramolecular Hbond substituents is 1. The maximum absolute atomic E-state index is 11.2. The van der Waals surface area contributed by atoms with Gasteiger partial charge in [-0.05, 0) is 54.2 Å². The van der Waals surface area contributed by atoms with E-state index in [1.807, 2.05) is 24.3 Å². The molecule has 1 amide bonds. The number of nitrogens with two attached hydrogens (primary N) is 1. The van der Waals surface area contributed by atoms with Crippen LogP contribution in [-0.2, 0) is 4.79 Å². The van der Waals surface area contributed by atoms with E-state index >= 15 is 0 Å². The second-order valence-corrected chi connectivity index (χ2v) is 6.65. The molecule has 1 aliphatic carbocycles. The van der Waals surface area contributed by atoms with Crippen LogP contribution in [0.1, 0.15) is 12.8 Å². The molecule has 0 radical (unpaired) electrons. The number of rotatable bonds is 5. The molecule has 4 N–H and O–H groups in total. The number of benzene rings is 2. The highest BCUT2D eigenvalue weighted by atomic mass is 16.5. The zero-order valence-corrected chi connectivity index (χ0v) is 14.1. The van der Waals surface area contributed by atoms with Gasteiger partial charge in [-0.3, -0.25) is 9.89 Å². The van der Waals surface area contributed by atoms with Gasteiger partial charge in [-0.25, -0.2) is 0 Å². The summed E-state index contributed by atoms with van der Waals surface area (Å²) in [6.07, 6.45) is 3.21. The van der Waals surface area contributed by atoms with Crippen molar-refractivity contribution in [2.24, 2.45) is 11.7 Å². The van der Waals surface area contributed by atoms with Crippen molar-refractivity contribution in [1.29, 1.82) is 0 Å². The Balaban J connectivity index is 1.59. The predicted molar refractivity (Wildman–Crippen MR) is 98.7 cm³/mol. The summed E-state index contributed by atoms with van der Waals surface area (Å²) in [6.45, 7) is 3.75. The number of fused-ring (bicyclic) bond motifs is 1. The van der Waals surface area contributed by atoms with Gasteiger partial charge in [-0.15, -0.1) is 0 Å². The number of nitrogens with one attached hydrogen (secondary N) is 1. The van der Waals surface area contributed by atoms with Gasteiger partial charge in [0, 0.05) is 5.57 Å². The van der Waals surface area contributed by atoms with Crippen molar-refractivity contribution in [3.63, 3.8) is 0 Å². The van der Waals surface area contributed by atoms with E-state index in [0.717, 1.165) is 40.6 Å². The maximum Gasteiger partial charge on any atom is 0.244 e. The molecule has 1 aromatic heterocycles. The molecule has 1 saturated carbocycles. The number of hydrogen-bond donors (Lipinski definition) is 3. The number of aromatic hydroxyl groups is 1. The number of H-pyrrole nitrogens is 1. The lowest BCUT2D eigenvalue weighted by atomic mass is 9.77. The third kappa shape index (κ3) is 2.90. The summed E-state index contributed by atoms with van der Waals surface area (Å²) < 4.78 is 6.17. The van der Waals surface area contributed by atoms with Gasteiger partial charge in [-0.1, -0.05) is 18.7 Å². The SMILES string of the molecule is C=C(C(N)=O)C1CC(Oc2cc(-c3ccc(O)cc3)cc3[nH]ncc23)C1. The zero-order valence-electron chi connectivity index (χ0n) is 14.1. The van der Waals surface area contributed by atoms with Crippen LogP contribution in [0.4, 0.5) is 0 Å². The van der Waals surface area contributed by atoms with Gasteiger partial charge in [0.25, 0.3) is 0 Å². The third-order valence-electron chi connectivity index (χ3n) is 4.92. The lowest BCUT2D eigenvalue weighted by Crippen LogP contribution is -2.37. The van der Waals surface area contributed by atoms with Gasteiger partial charge in [0.05, 0.1) is 23.2 Å². The van der Waals surface area contributed by atoms with Crippen LogP contribution < -0.4 is 10.5 Å². The second kappa shape index (κ2) is 6.22. The molecule has 0 atom stereocenters. The van der Waals surface area contributed by atoms with E-state index in [-0.39, 0.29) is 17.8 Å². The molecule has 0 bridgehead atoms. The molecule has 132 valence electrons. The van der Waals surface area contributed by atoms with E-state index < -0.39 is 5.91 Å². The van der Waals surface area contributed by atoms with Crippen molar-refractivity contribution >= 4 is 16.8 Å². The molecule has 0 unspecified atom stereocenters. The lowest BCUT2D eigenvalue weighted by molar-refractivity contribution is -0.115. The maximum atomic E-state index is 11.2. The van der Waals surface area contributed by atoms with Crippen molar-refractivity contribution in [2.75, 3.05) is 0 Å². The number of aromatic nitrogens is 2.